The molecule has 0 bridgehead atoms. The second-order valence-electron chi connectivity index (χ2n) is 6.18. The normalized spacial score (nSPS) is 17.7. The van der Waals surface area contributed by atoms with Gasteiger partial charge in [0, 0.05) is 12.0 Å². The van der Waals surface area contributed by atoms with Crippen LogP contribution in [0.4, 0.5) is 5.13 Å². The van der Waals surface area contributed by atoms with E-state index in [1.54, 1.807) is 13.8 Å². The van der Waals surface area contributed by atoms with Gasteiger partial charge in [0.05, 0.1) is 0 Å². The zero-order valence-corrected chi connectivity index (χ0v) is 15.2. The summed E-state index contributed by atoms with van der Waals surface area (Å²) >= 11 is 0.879. The van der Waals surface area contributed by atoms with Gasteiger partial charge in [-0.15, -0.1) is 10.2 Å². The highest BCUT2D eigenvalue weighted by molar-refractivity contribution is 7.91. The SMILES string of the molecule is CC(C)C(=O)Nc1nnc(S(=O)(=O)NC2CCCCCCC2)s1. The number of anilines is 1. The molecule has 1 fully saturated rings. The molecule has 0 aromatic carbocycles. The van der Waals surface area contributed by atoms with Crippen LogP contribution in [0, 0.1) is 5.92 Å². The first-order valence-electron chi connectivity index (χ1n) is 8.05. The van der Waals surface area contributed by atoms with Crippen molar-refractivity contribution in [1.82, 2.24) is 14.9 Å². The molecule has 0 unspecified atom stereocenters. The Labute approximate surface area is 141 Å². The van der Waals surface area contributed by atoms with Gasteiger partial charge in [0.2, 0.25) is 15.4 Å². The molecule has 2 N–H and O–H groups in total. The molecule has 2 rings (SSSR count). The lowest BCUT2D eigenvalue weighted by Gasteiger charge is -2.19. The lowest BCUT2D eigenvalue weighted by molar-refractivity contribution is -0.118. The monoisotopic (exact) mass is 360 g/mol. The molecule has 23 heavy (non-hydrogen) atoms. The van der Waals surface area contributed by atoms with Gasteiger partial charge in [-0.25, -0.2) is 13.1 Å². The van der Waals surface area contributed by atoms with Gasteiger partial charge in [-0.1, -0.05) is 57.3 Å². The molecule has 7 nitrogen and oxygen atoms in total. The lowest BCUT2D eigenvalue weighted by atomic mass is 9.97. The zero-order valence-electron chi connectivity index (χ0n) is 13.5. The highest BCUT2D eigenvalue weighted by atomic mass is 32.2. The summed E-state index contributed by atoms with van der Waals surface area (Å²) < 4.78 is 27.5. The first-order valence-corrected chi connectivity index (χ1v) is 10.3. The molecule has 0 atom stereocenters. The average molecular weight is 361 g/mol. The third-order valence-corrected chi connectivity index (χ3v) is 6.54. The van der Waals surface area contributed by atoms with Crippen LogP contribution in [0.25, 0.3) is 0 Å². The molecule has 1 aromatic rings. The zero-order chi connectivity index (χ0) is 16.9. The molecule has 130 valence electrons. The van der Waals surface area contributed by atoms with Crippen molar-refractivity contribution >= 4 is 32.4 Å². The first kappa shape index (κ1) is 18.3. The Morgan fingerprint density at radius 1 is 1.13 bits per heavy atom. The summed E-state index contributed by atoms with van der Waals surface area (Å²) in [6, 6.07) is -0.0436. The molecule has 1 saturated carbocycles. The van der Waals surface area contributed by atoms with Crippen molar-refractivity contribution in [2.75, 3.05) is 5.32 Å². The van der Waals surface area contributed by atoms with Crippen molar-refractivity contribution in [3.05, 3.63) is 0 Å². The quantitative estimate of drug-likeness (QED) is 0.786. The maximum atomic E-state index is 12.4. The Hall–Kier alpha value is -1.06. The van der Waals surface area contributed by atoms with E-state index in [9.17, 15) is 13.2 Å². The highest BCUT2D eigenvalue weighted by Gasteiger charge is 2.25. The standard InChI is InChI=1S/C14H24N4O3S2/c1-10(2)12(19)15-13-16-17-14(22-13)23(20,21)18-11-8-6-4-3-5-7-9-11/h10-11,18H,3-9H2,1-2H3,(H,15,16,19). The van der Waals surface area contributed by atoms with Crippen LogP contribution in [0.2, 0.25) is 0 Å². The van der Waals surface area contributed by atoms with E-state index in [0.29, 0.717) is 0 Å². The number of sulfonamides is 1. The molecule has 1 aromatic heterocycles. The predicted octanol–water partition coefficient (Wildman–Crippen LogP) is 2.52. The minimum absolute atomic E-state index is 0.0436. The molecule has 1 aliphatic rings. The van der Waals surface area contributed by atoms with Crippen LogP contribution in [0.1, 0.15) is 58.8 Å². The molecule has 1 heterocycles. The number of nitrogens with zero attached hydrogens (tertiary/aromatic N) is 2. The minimum Gasteiger partial charge on any atom is -0.300 e. The van der Waals surface area contributed by atoms with Crippen molar-refractivity contribution in [2.24, 2.45) is 5.92 Å². The largest absolute Gasteiger partial charge is 0.300 e. The minimum atomic E-state index is -3.68. The van der Waals surface area contributed by atoms with Gasteiger partial charge in [0.1, 0.15) is 0 Å². The summed E-state index contributed by atoms with van der Waals surface area (Å²) in [6.07, 6.45) is 7.33. The van der Waals surface area contributed by atoms with Gasteiger partial charge in [-0.05, 0) is 12.8 Å². The fraction of sp³-hybridized carbons (Fsp3) is 0.786. The van der Waals surface area contributed by atoms with Crippen LogP contribution in [-0.2, 0) is 14.8 Å². The predicted molar refractivity (Wildman–Crippen MR) is 89.8 cm³/mol. The summed E-state index contributed by atoms with van der Waals surface area (Å²) in [6.45, 7) is 3.51. The summed E-state index contributed by atoms with van der Waals surface area (Å²) in [7, 11) is -3.68. The average Bonchev–Trinajstić information content (AvgIpc) is 2.91. The number of rotatable bonds is 5. The van der Waals surface area contributed by atoms with Crippen LogP contribution < -0.4 is 10.0 Å². The molecular weight excluding hydrogens is 336 g/mol. The van der Waals surface area contributed by atoms with Crippen molar-refractivity contribution in [3.63, 3.8) is 0 Å². The van der Waals surface area contributed by atoms with Crippen LogP contribution in [0.15, 0.2) is 4.34 Å². The fourth-order valence-electron chi connectivity index (χ4n) is 2.46. The van der Waals surface area contributed by atoms with E-state index in [4.69, 9.17) is 0 Å². The fourth-order valence-corrected chi connectivity index (χ4v) is 4.69. The molecule has 0 saturated heterocycles. The number of nitrogens with one attached hydrogen (secondary N) is 2. The Balaban J connectivity index is 2.01. The number of aromatic nitrogens is 2. The summed E-state index contributed by atoms with van der Waals surface area (Å²) in [4.78, 5) is 11.6. The van der Waals surface area contributed by atoms with E-state index in [1.807, 2.05) is 0 Å². The van der Waals surface area contributed by atoms with Gasteiger partial charge in [-0.3, -0.25) is 4.79 Å². The lowest BCUT2D eigenvalue weighted by Crippen LogP contribution is -2.35. The molecule has 9 heteroatoms. The van der Waals surface area contributed by atoms with Gasteiger partial charge in [0.15, 0.2) is 0 Å². The first-order chi connectivity index (χ1) is 10.9. The second-order valence-corrected chi connectivity index (χ2v) is 9.05. The van der Waals surface area contributed by atoms with Gasteiger partial charge >= 0.3 is 0 Å². The number of carbonyl (C=O) groups is 1. The molecule has 0 radical (unpaired) electrons. The van der Waals surface area contributed by atoms with Crippen molar-refractivity contribution < 1.29 is 13.2 Å². The van der Waals surface area contributed by atoms with Crippen LogP contribution in [0.5, 0.6) is 0 Å². The summed E-state index contributed by atoms with van der Waals surface area (Å²) in [5.74, 6) is -0.412. The van der Waals surface area contributed by atoms with E-state index >= 15 is 0 Å². The number of amides is 1. The Morgan fingerprint density at radius 2 is 1.74 bits per heavy atom. The summed E-state index contributed by atoms with van der Waals surface area (Å²) in [5, 5.41) is 10.2. The van der Waals surface area contributed by atoms with E-state index in [0.717, 1.165) is 49.9 Å². The number of hydrogen-bond acceptors (Lipinski definition) is 6. The Kier molecular flexibility index (Phi) is 6.49. The molecule has 0 spiro atoms. The number of carbonyl (C=O) groups excluding carboxylic acids is 1. The molecular formula is C14H24N4O3S2. The van der Waals surface area contributed by atoms with Gasteiger partial charge in [-0.2, -0.15) is 0 Å². The topological polar surface area (TPSA) is 101 Å². The van der Waals surface area contributed by atoms with E-state index < -0.39 is 10.0 Å². The third kappa shape index (κ3) is 5.50. The molecule has 1 amide bonds. The molecule has 0 aliphatic heterocycles. The van der Waals surface area contributed by atoms with Crippen LogP contribution in [-0.4, -0.2) is 30.6 Å². The van der Waals surface area contributed by atoms with Crippen LogP contribution in [0.3, 0.4) is 0 Å². The molecule has 1 aliphatic carbocycles. The smallest absolute Gasteiger partial charge is 0.270 e. The summed E-state index contributed by atoms with van der Waals surface area (Å²) in [5.41, 5.74) is 0. The van der Waals surface area contributed by atoms with Crippen molar-refractivity contribution in [3.8, 4) is 0 Å². The van der Waals surface area contributed by atoms with Gasteiger partial charge in [0.25, 0.3) is 10.0 Å². The highest BCUT2D eigenvalue weighted by Crippen LogP contribution is 2.23. The van der Waals surface area contributed by atoms with Crippen molar-refractivity contribution in [2.45, 2.75) is 69.2 Å². The second kappa shape index (κ2) is 8.16. The van der Waals surface area contributed by atoms with Crippen LogP contribution >= 0.6 is 11.3 Å². The maximum Gasteiger partial charge on any atom is 0.270 e. The van der Waals surface area contributed by atoms with Crippen molar-refractivity contribution in [1.29, 1.82) is 0 Å². The van der Waals surface area contributed by atoms with E-state index in [2.05, 4.69) is 20.2 Å². The maximum absolute atomic E-state index is 12.4. The van der Waals surface area contributed by atoms with E-state index in [1.165, 1.54) is 6.42 Å². The third-order valence-electron chi connectivity index (χ3n) is 3.82. The van der Waals surface area contributed by atoms with E-state index in [-0.39, 0.29) is 27.3 Å². The Morgan fingerprint density at radius 3 is 2.35 bits per heavy atom. The van der Waals surface area contributed by atoms with Gasteiger partial charge < -0.3 is 5.32 Å². The Bertz CT molecular complexity index is 620. The number of hydrogen-bond donors (Lipinski definition) is 2.